The van der Waals surface area contributed by atoms with Gasteiger partial charge in [-0.1, -0.05) is 0 Å². The number of nitrogens with zero attached hydrogens (tertiary/aromatic N) is 2. The van der Waals surface area contributed by atoms with E-state index in [-0.39, 0.29) is 0 Å². The topological polar surface area (TPSA) is 25.4 Å². The second-order valence-electron chi connectivity index (χ2n) is 4.25. The van der Waals surface area contributed by atoms with E-state index in [0.717, 1.165) is 12.4 Å². The maximum absolute atomic E-state index is 5.70. The van der Waals surface area contributed by atoms with Crippen LogP contribution in [0.15, 0.2) is 24.5 Å². The lowest BCUT2D eigenvalue weighted by Gasteiger charge is -2.23. The van der Waals surface area contributed by atoms with Crippen LogP contribution in [0.2, 0.25) is 0 Å². The van der Waals surface area contributed by atoms with Crippen LogP contribution in [0.4, 0.5) is 0 Å². The molecule has 1 aliphatic heterocycles. The lowest BCUT2D eigenvalue weighted by Crippen LogP contribution is -2.34. The van der Waals surface area contributed by atoms with E-state index in [0.29, 0.717) is 12.1 Å². The van der Waals surface area contributed by atoms with Crippen molar-refractivity contribution in [2.45, 2.75) is 31.8 Å². The van der Waals surface area contributed by atoms with E-state index in [4.69, 9.17) is 4.74 Å². The van der Waals surface area contributed by atoms with Crippen LogP contribution >= 0.6 is 0 Å². The fraction of sp³-hybridized carbons (Fsp3) is 0.583. The molecule has 0 spiro atoms. The summed E-state index contributed by atoms with van der Waals surface area (Å²) in [4.78, 5) is 6.42. The molecule has 1 aliphatic rings. The Labute approximate surface area is 91.1 Å². The van der Waals surface area contributed by atoms with Crippen molar-refractivity contribution in [2.75, 3.05) is 13.7 Å². The molecule has 1 aromatic heterocycles. The van der Waals surface area contributed by atoms with Gasteiger partial charge in [0.1, 0.15) is 12.4 Å². The average Bonchev–Trinajstić information content (AvgIpc) is 2.59. The molecular weight excluding hydrogens is 188 g/mol. The molecule has 0 aromatic carbocycles. The molecule has 0 bridgehead atoms. The molecule has 0 saturated carbocycles. The van der Waals surface area contributed by atoms with Crippen molar-refractivity contribution in [3.05, 3.63) is 24.5 Å². The van der Waals surface area contributed by atoms with Crippen LogP contribution in [0.3, 0.4) is 0 Å². The fourth-order valence-electron chi connectivity index (χ4n) is 2.03. The molecule has 0 aliphatic carbocycles. The highest BCUT2D eigenvalue weighted by atomic mass is 16.5. The first-order chi connectivity index (χ1) is 7.27. The van der Waals surface area contributed by atoms with Crippen molar-refractivity contribution in [2.24, 2.45) is 0 Å². The van der Waals surface area contributed by atoms with Crippen molar-refractivity contribution >= 4 is 0 Å². The molecule has 1 saturated heterocycles. The van der Waals surface area contributed by atoms with E-state index >= 15 is 0 Å². The summed E-state index contributed by atoms with van der Waals surface area (Å²) in [6, 6.07) is 5.09. The number of ether oxygens (including phenoxy) is 1. The average molecular weight is 206 g/mol. The predicted molar refractivity (Wildman–Crippen MR) is 60.0 cm³/mol. The molecule has 15 heavy (non-hydrogen) atoms. The van der Waals surface area contributed by atoms with Gasteiger partial charge in [-0.2, -0.15) is 0 Å². The van der Waals surface area contributed by atoms with Gasteiger partial charge in [-0.25, -0.2) is 0 Å². The molecule has 1 aromatic rings. The summed E-state index contributed by atoms with van der Waals surface area (Å²) < 4.78 is 5.70. The molecule has 0 radical (unpaired) electrons. The van der Waals surface area contributed by atoms with E-state index < -0.39 is 0 Å². The van der Waals surface area contributed by atoms with E-state index in [1.807, 2.05) is 12.1 Å². The Kier molecular flexibility index (Phi) is 3.21. The van der Waals surface area contributed by atoms with Crippen LogP contribution < -0.4 is 4.74 Å². The predicted octanol–water partition coefficient (Wildman–Crippen LogP) is 1.94. The number of likely N-dealkylation sites (tertiary alicyclic amines) is 1. The lowest BCUT2D eigenvalue weighted by molar-refractivity contribution is 0.174. The van der Waals surface area contributed by atoms with E-state index in [1.54, 1.807) is 12.4 Å². The molecule has 0 amide bonds. The van der Waals surface area contributed by atoms with Gasteiger partial charge >= 0.3 is 0 Å². The first-order valence-corrected chi connectivity index (χ1v) is 5.52. The van der Waals surface area contributed by atoms with Gasteiger partial charge in [0, 0.05) is 18.3 Å². The Hall–Kier alpha value is -1.09. The molecule has 82 valence electrons. The molecule has 3 nitrogen and oxygen atoms in total. The third-order valence-corrected chi connectivity index (χ3v) is 3.27. The summed E-state index contributed by atoms with van der Waals surface area (Å²) in [6.45, 7) is 3.04. The van der Waals surface area contributed by atoms with Gasteiger partial charge < -0.3 is 4.74 Å². The van der Waals surface area contributed by atoms with E-state index in [9.17, 15) is 0 Å². The third kappa shape index (κ3) is 2.48. The molecule has 2 rings (SSSR count). The first kappa shape index (κ1) is 10.4. The summed E-state index contributed by atoms with van der Waals surface area (Å²) >= 11 is 0. The standard InChI is InChI=1S/C12H18N2O/c1-10-5-6-11(14(10)2)9-15-12-4-3-7-13-8-12/h3-4,7-8,10-11H,5-6,9H2,1-2H3/t10-,11?/m0/s1. The number of hydrogen-bond acceptors (Lipinski definition) is 3. The van der Waals surface area contributed by atoms with Crippen molar-refractivity contribution < 1.29 is 4.74 Å². The normalized spacial score (nSPS) is 26.8. The Morgan fingerprint density at radius 1 is 1.53 bits per heavy atom. The van der Waals surface area contributed by atoms with Gasteiger partial charge in [-0.15, -0.1) is 0 Å². The number of pyridine rings is 1. The van der Waals surface area contributed by atoms with Crippen LogP contribution in [0.1, 0.15) is 19.8 Å². The minimum atomic E-state index is 0.556. The van der Waals surface area contributed by atoms with Crippen molar-refractivity contribution in [3.63, 3.8) is 0 Å². The van der Waals surface area contributed by atoms with Crippen LogP contribution in [0.5, 0.6) is 5.75 Å². The Morgan fingerprint density at radius 3 is 3.00 bits per heavy atom. The smallest absolute Gasteiger partial charge is 0.137 e. The molecular formula is C12H18N2O. The number of hydrogen-bond donors (Lipinski definition) is 0. The summed E-state index contributed by atoms with van der Waals surface area (Å²) in [7, 11) is 2.18. The van der Waals surface area contributed by atoms with Gasteiger partial charge in [0.15, 0.2) is 0 Å². The lowest BCUT2D eigenvalue weighted by atomic mass is 10.2. The highest BCUT2D eigenvalue weighted by Crippen LogP contribution is 2.22. The van der Waals surface area contributed by atoms with Crippen LogP contribution in [-0.4, -0.2) is 35.6 Å². The quantitative estimate of drug-likeness (QED) is 0.755. The zero-order chi connectivity index (χ0) is 10.7. The molecule has 1 fully saturated rings. The number of rotatable bonds is 3. The summed E-state index contributed by atoms with van der Waals surface area (Å²) in [6.07, 6.45) is 6.03. The molecule has 2 heterocycles. The second-order valence-corrected chi connectivity index (χ2v) is 4.25. The van der Waals surface area contributed by atoms with E-state index in [1.165, 1.54) is 12.8 Å². The summed E-state index contributed by atoms with van der Waals surface area (Å²) in [5.41, 5.74) is 0. The van der Waals surface area contributed by atoms with Crippen molar-refractivity contribution in [1.29, 1.82) is 0 Å². The van der Waals surface area contributed by atoms with Crippen molar-refractivity contribution in [3.8, 4) is 5.75 Å². The second kappa shape index (κ2) is 4.62. The Balaban J connectivity index is 1.84. The number of likely N-dealkylation sites (N-methyl/N-ethyl adjacent to an activating group) is 1. The van der Waals surface area contributed by atoms with Gasteiger partial charge in [-0.05, 0) is 38.9 Å². The van der Waals surface area contributed by atoms with Gasteiger partial charge in [0.05, 0.1) is 6.20 Å². The zero-order valence-electron chi connectivity index (χ0n) is 9.39. The third-order valence-electron chi connectivity index (χ3n) is 3.27. The van der Waals surface area contributed by atoms with Crippen LogP contribution in [-0.2, 0) is 0 Å². The molecule has 2 atom stereocenters. The highest BCUT2D eigenvalue weighted by molar-refractivity contribution is 5.15. The maximum atomic E-state index is 5.70. The molecule has 0 N–H and O–H groups in total. The monoisotopic (exact) mass is 206 g/mol. The largest absolute Gasteiger partial charge is 0.490 e. The SMILES string of the molecule is C[C@H]1CCC(COc2cccnc2)N1C. The summed E-state index contributed by atoms with van der Waals surface area (Å²) in [5.74, 6) is 0.866. The fourth-order valence-corrected chi connectivity index (χ4v) is 2.03. The number of aromatic nitrogens is 1. The Bertz CT molecular complexity index is 302. The van der Waals surface area contributed by atoms with Crippen LogP contribution in [0.25, 0.3) is 0 Å². The van der Waals surface area contributed by atoms with Gasteiger partial charge in [0.2, 0.25) is 0 Å². The minimum absolute atomic E-state index is 0.556. The molecule has 3 heteroatoms. The molecule has 1 unspecified atom stereocenters. The highest BCUT2D eigenvalue weighted by Gasteiger charge is 2.27. The summed E-state index contributed by atoms with van der Waals surface area (Å²) in [5, 5.41) is 0. The van der Waals surface area contributed by atoms with Crippen molar-refractivity contribution in [1.82, 2.24) is 9.88 Å². The van der Waals surface area contributed by atoms with Crippen LogP contribution in [0, 0.1) is 0 Å². The first-order valence-electron chi connectivity index (χ1n) is 5.52. The minimum Gasteiger partial charge on any atom is -0.490 e. The zero-order valence-corrected chi connectivity index (χ0v) is 9.39. The van der Waals surface area contributed by atoms with Gasteiger partial charge in [-0.3, -0.25) is 9.88 Å². The Morgan fingerprint density at radius 2 is 2.40 bits per heavy atom. The maximum Gasteiger partial charge on any atom is 0.137 e. The van der Waals surface area contributed by atoms with E-state index in [2.05, 4.69) is 23.9 Å². The van der Waals surface area contributed by atoms with Gasteiger partial charge in [0.25, 0.3) is 0 Å².